The van der Waals surface area contributed by atoms with E-state index in [4.69, 9.17) is 0 Å². The molecule has 0 radical (unpaired) electrons. The van der Waals surface area contributed by atoms with Gasteiger partial charge in [0.25, 0.3) is 0 Å². The molecule has 0 bridgehead atoms. The first kappa shape index (κ1) is 24.7. The van der Waals surface area contributed by atoms with Gasteiger partial charge in [-0.1, -0.05) is 39.8 Å². The van der Waals surface area contributed by atoms with Crippen LogP contribution in [0.2, 0.25) is 0 Å². The SMILES string of the molecule is C=C(C)[C@@H](C)CC[C@@H](C)[C@H]1CC[C@H]2[C@@H]3C[C@@H](O)[C@@]4(O)C[C@@H](O)CC[C@]4(C)[C@H]3C[C@@H](O)[C@]12C. The van der Waals surface area contributed by atoms with Crippen LogP contribution in [-0.2, 0) is 0 Å². The van der Waals surface area contributed by atoms with E-state index in [9.17, 15) is 20.4 Å². The number of fused-ring (bicyclic) bond motifs is 5. The van der Waals surface area contributed by atoms with Gasteiger partial charge in [0.05, 0.1) is 23.9 Å². The summed E-state index contributed by atoms with van der Waals surface area (Å²) in [5.41, 5.74) is -0.559. The highest BCUT2D eigenvalue weighted by Gasteiger charge is 2.69. The maximum absolute atomic E-state index is 11.7. The first-order valence-corrected chi connectivity index (χ1v) is 13.3. The standard InChI is InChI=1S/C28H48O4/c1-16(2)17(3)7-8-18(4)21-9-10-22-20-13-25(31)28(32)15-19(29)11-12-26(28,5)23(20)14-24(30)27(21,22)6/h17-25,29-32H,1,7-15H2,2-6H3/t17-,18+,19-,20-,21+,22-,23-,24+,25+,26+,27+,28-/m0/s1. The summed E-state index contributed by atoms with van der Waals surface area (Å²) in [6, 6.07) is 0. The fourth-order valence-corrected chi connectivity index (χ4v) is 9.15. The second kappa shape index (κ2) is 8.36. The molecule has 4 aliphatic rings. The molecule has 4 aliphatic carbocycles. The minimum Gasteiger partial charge on any atom is -0.393 e. The third kappa shape index (κ3) is 3.46. The molecule has 0 heterocycles. The Morgan fingerprint density at radius 2 is 1.66 bits per heavy atom. The van der Waals surface area contributed by atoms with E-state index in [0.717, 1.165) is 25.7 Å². The molecule has 0 saturated heterocycles. The fourth-order valence-electron chi connectivity index (χ4n) is 9.15. The van der Waals surface area contributed by atoms with E-state index in [1.807, 2.05) is 0 Å². The van der Waals surface area contributed by atoms with Crippen LogP contribution in [0.25, 0.3) is 0 Å². The first-order valence-electron chi connectivity index (χ1n) is 13.3. The summed E-state index contributed by atoms with van der Waals surface area (Å²) in [5.74, 6) is 2.53. The Morgan fingerprint density at radius 1 is 0.969 bits per heavy atom. The zero-order valence-electron chi connectivity index (χ0n) is 21.1. The Balaban J connectivity index is 1.58. The van der Waals surface area contributed by atoms with Crippen LogP contribution in [0, 0.1) is 46.3 Å². The van der Waals surface area contributed by atoms with Crippen molar-refractivity contribution >= 4 is 0 Å². The molecule has 0 amide bonds. The largest absolute Gasteiger partial charge is 0.393 e. The highest BCUT2D eigenvalue weighted by Crippen LogP contribution is 2.69. The lowest BCUT2D eigenvalue weighted by Crippen LogP contribution is -2.70. The van der Waals surface area contributed by atoms with Crippen LogP contribution in [0.3, 0.4) is 0 Å². The molecule has 0 aromatic carbocycles. The monoisotopic (exact) mass is 448 g/mol. The Morgan fingerprint density at radius 3 is 2.31 bits per heavy atom. The van der Waals surface area contributed by atoms with Crippen molar-refractivity contribution in [3.8, 4) is 0 Å². The zero-order chi connectivity index (χ0) is 23.6. The Bertz CT molecular complexity index is 722. The number of rotatable bonds is 5. The Kier molecular flexibility index (Phi) is 6.45. The van der Waals surface area contributed by atoms with Crippen LogP contribution in [0.4, 0.5) is 0 Å². The first-order chi connectivity index (χ1) is 14.9. The summed E-state index contributed by atoms with van der Waals surface area (Å²) in [4.78, 5) is 0. The lowest BCUT2D eigenvalue weighted by molar-refractivity contribution is -0.275. The topological polar surface area (TPSA) is 80.9 Å². The Hall–Kier alpha value is -0.420. The van der Waals surface area contributed by atoms with Gasteiger partial charge in [-0.2, -0.15) is 0 Å². The molecule has 0 unspecified atom stereocenters. The van der Waals surface area contributed by atoms with E-state index >= 15 is 0 Å². The maximum Gasteiger partial charge on any atom is 0.0985 e. The van der Waals surface area contributed by atoms with Gasteiger partial charge >= 0.3 is 0 Å². The Labute approximate surface area is 195 Å². The van der Waals surface area contributed by atoms with E-state index in [1.165, 1.54) is 12.0 Å². The molecular weight excluding hydrogens is 400 g/mol. The van der Waals surface area contributed by atoms with Crippen molar-refractivity contribution in [1.29, 1.82) is 0 Å². The lowest BCUT2D eigenvalue weighted by Gasteiger charge is -2.66. The molecule has 0 aromatic heterocycles. The summed E-state index contributed by atoms with van der Waals surface area (Å²) in [6.07, 6.45) is 5.84. The normalized spacial score (nSPS) is 52.5. The average molecular weight is 449 g/mol. The van der Waals surface area contributed by atoms with Crippen molar-refractivity contribution in [2.75, 3.05) is 0 Å². The van der Waals surface area contributed by atoms with Gasteiger partial charge < -0.3 is 20.4 Å². The van der Waals surface area contributed by atoms with Crippen LogP contribution in [0.1, 0.15) is 92.4 Å². The smallest absolute Gasteiger partial charge is 0.0985 e. The molecule has 0 spiro atoms. The van der Waals surface area contributed by atoms with Gasteiger partial charge in [0.2, 0.25) is 0 Å². The van der Waals surface area contributed by atoms with Crippen molar-refractivity contribution in [2.24, 2.45) is 46.3 Å². The van der Waals surface area contributed by atoms with Gasteiger partial charge in [-0.05, 0) is 99.2 Å². The van der Waals surface area contributed by atoms with Gasteiger partial charge in [0.1, 0.15) is 0 Å². The minimum atomic E-state index is -1.25. The predicted molar refractivity (Wildman–Crippen MR) is 128 cm³/mol. The molecule has 32 heavy (non-hydrogen) atoms. The van der Waals surface area contributed by atoms with Gasteiger partial charge in [-0.3, -0.25) is 0 Å². The van der Waals surface area contributed by atoms with Crippen LogP contribution in [-0.4, -0.2) is 44.3 Å². The quantitative estimate of drug-likeness (QED) is 0.460. The predicted octanol–water partition coefficient (Wildman–Crippen LogP) is 4.69. The van der Waals surface area contributed by atoms with Crippen molar-refractivity contribution in [1.82, 2.24) is 0 Å². The van der Waals surface area contributed by atoms with Crippen LogP contribution < -0.4 is 0 Å². The molecule has 4 rings (SSSR count). The van der Waals surface area contributed by atoms with Crippen molar-refractivity contribution < 1.29 is 20.4 Å². The fraction of sp³-hybridized carbons (Fsp3) is 0.929. The van der Waals surface area contributed by atoms with Crippen LogP contribution >= 0.6 is 0 Å². The molecule has 4 N–H and O–H groups in total. The number of hydrogen-bond donors (Lipinski definition) is 4. The van der Waals surface area contributed by atoms with Crippen LogP contribution in [0.5, 0.6) is 0 Å². The van der Waals surface area contributed by atoms with E-state index < -0.39 is 23.2 Å². The van der Waals surface area contributed by atoms with E-state index in [1.54, 1.807) is 0 Å². The van der Waals surface area contributed by atoms with E-state index in [-0.39, 0.29) is 23.9 Å². The highest BCUT2D eigenvalue weighted by atomic mass is 16.3. The van der Waals surface area contributed by atoms with Gasteiger partial charge in [-0.15, -0.1) is 0 Å². The molecule has 4 nitrogen and oxygen atoms in total. The molecule has 4 fully saturated rings. The van der Waals surface area contributed by atoms with Gasteiger partial charge in [-0.25, -0.2) is 0 Å². The van der Waals surface area contributed by atoms with E-state index in [0.29, 0.717) is 48.9 Å². The summed E-state index contributed by atoms with van der Waals surface area (Å²) in [6.45, 7) is 15.3. The molecule has 12 atom stereocenters. The molecule has 0 aromatic rings. The molecule has 0 aliphatic heterocycles. The van der Waals surface area contributed by atoms with Crippen molar-refractivity contribution in [3.05, 3.63) is 12.2 Å². The summed E-state index contributed by atoms with van der Waals surface area (Å²) in [7, 11) is 0. The summed E-state index contributed by atoms with van der Waals surface area (Å²) in [5, 5.41) is 44.8. The third-order valence-electron chi connectivity index (χ3n) is 11.6. The molecular formula is C28H48O4. The summed E-state index contributed by atoms with van der Waals surface area (Å²) >= 11 is 0. The number of hydrogen-bond acceptors (Lipinski definition) is 4. The average Bonchev–Trinajstić information content (AvgIpc) is 3.08. The molecule has 184 valence electrons. The molecule has 4 saturated carbocycles. The summed E-state index contributed by atoms with van der Waals surface area (Å²) < 4.78 is 0. The maximum atomic E-state index is 11.7. The number of aliphatic hydroxyl groups excluding tert-OH is 3. The van der Waals surface area contributed by atoms with Gasteiger partial charge in [0, 0.05) is 11.8 Å². The molecule has 4 heteroatoms. The number of allylic oxidation sites excluding steroid dienone is 1. The number of aliphatic hydroxyl groups is 4. The second-order valence-electron chi connectivity index (χ2n) is 13.0. The van der Waals surface area contributed by atoms with Crippen LogP contribution in [0.15, 0.2) is 12.2 Å². The zero-order valence-corrected chi connectivity index (χ0v) is 21.1. The van der Waals surface area contributed by atoms with Crippen molar-refractivity contribution in [3.63, 3.8) is 0 Å². The lowest BCUT2D eigenvalue weighted by atomic mass is 9.41. The minimum absolute atomic E-state index is 0.118. The second-order valence-corrected chi connectivity index (χ2v) is 13.0. The van der Waals surface area contributed by atoms with E-state index in [2.05, 4.69) is 41.2 Å². The highest BCUT2D eigenvalue weighted by molar-refractivity contribution is 5.18. The third-order valence-corrected chi connectivity index (χ3v) is 11.6. The van der Waals surface area contributed by atoms with Crippen molar-refractivity contribution in [2.45, 2.75) is 116 Å². The van der Waals surface area contributed by atoms with Gasteiger partial charge in [0.15, 0.2) is 0 Å².